The highest BCUT2D eigenvalue weighted by Gasteiger charge is 2.33. The van der Waals surface area contributed by atoms with Gasteiger partial charge in [-0.1, -0.05) is 51.5 Å². The van der Waals surface area contributed by atoms with Gasteiger partial charge in [-0.05, 0) is 38.3 Å². The van der Waals surface area contributed by atoms with Gasteiger partial charge in [-0.2, -0.15) is 0 Å². The molecule has 142 valence electrons. The molecule has 0 radical (unpaired) electrons. The van der Waals surface area contributed by atoms with E-state index in [0.717, 1.165) is 41.5 Å². The molecule has 2 rings (SSSR count). The van der Waals surface area contributed by atoms with Gasteiger partial charge in [-0.25, -0.2) is 0 Å². The van der Waals surface area contributed by atoms with Crippen LogP contribution in [0.3, 0.4) is 0 Å². The van der Waals surface area contributed by atoms with E-state index in [1.54, 1.807) is 0 Å². The Kier molecular flexibility index (Phi) is 7.46. The molecule has 0 fully saturated rings. The zero-order valence-corrected chi connectivity index (χ0v) is 16.4. The van der Waals surface area contributed by atoms with Gasteiger partial charge in [0.15, 0.2) is 0 Å². The quantitative estimate of drug-likeness (QED) is 0.606. The minimum absolute atomic E-state index is 0.0971. The normalized spacial score (nSPS) is 13.4. The van der Waals surface area contributed by atoms with E-state index in [0.29, 0.717) is 19.6 Å². The number of carbonyl (C=O) groups excluding carboxylic acids is 1. The second kappa shape index (κ2) is 9.58. The van der Waals surface area contributed by atoms with E-state index in [9.17, 15) is 4.79 Å². The molecule has 0 spiro atoms. The van der Waals surface area contributed by atoms with Crippen LogP contribution in [0.4, 0.5) is 5.69 Å². The number of anilines is 1. The number of fused-ring (bicyclic) bond motifs is 1. The summed E-state index contributed by atoms with van der Waals surface area (Å²) in [7, 11) is 0. The summed E-state index contributed by atoms with van der Waals surface area (Å²) < 4.78 is 11.8. The highest BCUT2D eigenvalue weighted by molar-refractivity contribution is 6.06. The Morgan fingerprint density at radius 1 is 0.962 bits per heavy atom. The molecule has 0 saturated carbocycles. The number of benzene rings is 2. The first kappa shape index (κ1) is 20.2. The van der Waals surface area contributed by atoms with E-state index >= 15 is 0 Å². The zero-order valence-electron chi connectivity index (χ0n) is 16.4. The third kappa shape index (κ3) is 4.76. The standard InChI is InChI=1S/C22H31NO3/c1-5-14-22(4,26-16-7-3)21(24)23-19-12-13-20(25-15-6-2)18-11-9-8-10-17(18)19/h8-13H,5-7,14-16H2,1-4H3,(H,23,24)/t22-/m0/s1. The Morgan fingerprint density at radius 2 is 1.65 bits per heavy atom. The molecular formula is C22H31NO3. The lowest BCUT2D eigenvalue weighted by Crippen LogP contribution is -2.43. The molecule has 0 heterocycles. The van der Waals surface area contributed by atoms with Crippen molar-refractivity contribution in [1.82, 2.24) is 0 Å². The van der Waals surface area contributed by atoms with Gasteiger partial charge in [0.25, 0.3) is 5.91 Å². The summed E-state index contributed by atoms with van der Waals surface area (Å²) in [5.41, 5.74) is -0.0275. The van der Waals surface area contributed by atoms with Gasteiger partial charge < -0.3 is 14.8 Å². The van der Waals surface area contributed by atoms with Crippen LogP contribution in [0.1, 0.15) is 53.4 Å². The number of rotatable bonds is 10. The van der Waals surface area contributed by atoms with Gasteiger partial charge in [-0.3, -0.25) is 4.79 Å². The molecule has 4 heteroatoms. The maximum absolute atomic E-state index is 13.0. The lowest BCUT2D eigenvalue weighted by atomic mass is 9.98. The summed E-state index contributed by atoms with van der Waals surface area (Å²) in [5, 5.41) is 5.06. The first-order chi connectivity index (χ1) is 12.6. The predicted molar refractivity (Wildman–Crippen MR) is 108 cm³/mol. The smallest absolute Gasteiger partial charge is 0.256 e. The van der Waals surface area contributed by atoms with Gasteiger partial charge in [-0.15, -0.1) is 0 Å². The van der Waals surface area contributed by atoms with Crippen LogP contribution in [-0.2, 0) is 9.53 Å². The molecule has 0 bridgehead atoms. The van der Waals surface area contributed by atoms with Gasteiger partial charge in [0.05, 0.1) is 6.61 Å². The van der Waals surface area contributed by atoms with Crippen molar-refractivity contribution in [2.75, 3.05) is 18.5 Å². The highest BCUT2D eigenvalue weighted by atomic mass is 16.5. The number of nitrogens with one attached hydrogen (secondary N) is 1. The molecule has 1 N–H and O–H groups in total. The predicted octanol–water partition coefficient (Wildman–Crippen LogP) is 5.55. The molecule has 0 aliphatic heterocycles. The van der Waals surface area contributed by atoms with E-state index in [1.807, 2.05) is 50.2 Å². The first-order valence-electron chi connectivity index (χ1n) is 9.65. The van der Waals surface area contributed by atoms with Crippen LogP contribution >= 0.6 is 0 Å². The Labute approximate surface area is 156 Å². The van der Waals surface area contributed by atoms with Gasteiger partial charge in [0.1, 0.15) is 11.4 Å². The summed E-state index contributed by atoms with van der Waals surface area (Å²) in [4.78, 5) is 13.0. The molecule has 0 saturated heterocycles. The molecule has 1 amide bonds. The van der Waals surface area contributed by atoms with E-state index in [4.69, 9.17) is 9.47 Å². The molecule has 0 unspecified atom stereocenters. The van der Waals surface area contributed by atoms with Crippen LogP contribution < -0.4 is 10.1 Å². The average Bonchev–Trinajstić information content (AvgIpc) is 2.66. The molecule has 0 aliphatic rings. The fourth-order valence-corrected chi connectivity index (χ4v) is 3.03. The van der Waals surface area contributed by atoms with Crippen molar-refractivity contribution in [3.8, 4) is 5.75 Å². The Hall–Kier alpha value is -2.07. The molecule has 1 atom stereocenters. The van der Waals surface area contributed by atoms with Crippen LogP contribution in [0.15, 0.2) is 36.4 Å². The number of hydrogen-bond acceptors (Lipinski definition) is 3. The molecule has 4 nitrogen and oxygen atoms in total. The third-order valence-electron chi connectivity index (χ3n) is 4.43. The first-order valence-corrected chi connectivity index (χ1v) is 9.65. The van der Waals surface area contributed by atoms with Crippen molar-refractivity contribution in [3.63, 3.8) is 0 Å². The molecular weight excluding hydrogens is 326 g/mol. The summed E-state index contributed by atoms with van der Waals surface area (Å²) in [5.74, 6) is 0.749. The van der Waals surface area contributed by atoms with Crippen molar-refractivity contribution in [2.45, 2.75) is 59.0 Å². The minimum atomic E-state index is -0.816. The number of carbonyl (C=O) groups is 1. The summed E-state index contributed by atoms with van der Waals surface area (Å²) in [6, 6.07) is 11.8. The second-order valence-corrected chi connectivity index (χ2v) is 6.79. The van der Waals surface area contributed by atoms with Crippen LogP contribution in [-0.4, -0.2) is 24.7 Å². The highest BCUT2D eigenvalue weighted by Crippen LogP contribution is 2.32. The monoisotopic (exact) mass is 357 g/mol. The largest absolute Gasteiger partial charge is 0.493 e. The van der Waals surface area contributed by atoms with Crippen molar-refractivity contribution >= 4 is 22.4 Å². The van der Waals surface area contributed by atoms with Crippen molar-refractivity contribution < 1.29 is 14.3 Å². The van der Waals surface area contributed by atoms with Crippen molar-refractivity contribution in [2.24, 2.45) is 0 Å². The van der Waals surface area contributed by atoms with Crippen molar-refractivity contribution in [1.29, 1.82) is 0 Å². The van der Waals surface area contributed by atoms with Gasteiger partial charge >= 0.3 is 0 Å². The fraction of sp³-hybridized carbons (Fsp3) is 0.500. The number of ether oxygens (including phenoxy) is 2. The zero-order chi connectivity index (χ0) is 19.0. The lowest BCUT2D eigenvalue weighted by Gasteiger charge is -2.28. The van der Waals surface area contributed by atoms with E-state index in [2.05, 4.69) is 19.2 Å². The molecule has 26 heavy (non-hydrogen) atoms. The van der Waals surface area contributed by atoms with Crippen LogP contribution in [0.25, 0.3) is 10.8 Å². The van der Waals surface area contributed by atoms with Gasteiger partial charge in [0.2, 0.25) is 0 Å². The Morgan fingerprint density at radius 3 is 2.31 bits per heavy atom. The maximum Gasteiger partial charge on any atom is 0.256 e. The van der Waals surface area contributed by atoms with Crippen molar-refractivity contribution in [3.05, 3.63) is 36.4 Å². The summed E-state index contributed by atoms with van der Waals surface area (Å²) >= 11 is 0. The maximum atomic E-state index is 13.0. The number of amides is 1. The molecule has 0 aromatic heterocycles. The summed E-state index contributed by atoms with van der Waals surface area (Å²) in [6.07, 6.45) is 3.42. The van der Waals surface area contributed by atoms with Crippen LogP contribution in [0.5, 0.6) is 5.75 Å². The molecule has 2 aromatic carbocycles. The SMILES string of the molecule is CCCOc1ccc(NC(=O)[C@](C)(CCC)OCCC)c2ccccc12. The fourth-order valence-electron chi connectivity index (χ4n) is 3.03. The molecule has 0 aliphatic carbocycles. The third-order valence-corrected chi connectivity index (χ3v) is 4.43. The second-order valence-electron chi connectivity index (χ2n) is 6.79. The van der Waals surface area contributed by atoms with Crippen LogP contribution in [0, 0.1) is 0 Å². The Balaban J connectivity index is 2.31. The minimum Gasteiger partial charge on any atom is -0.493 e. The average molecular weight is 357 g/mol. The molecule has 2 aromatic rings. The van der Waals surface area contributed by atoms with E-state index < -0.39 is 5.60 Å². The lowest BCUT2D eigenvalue weighted by molar-refractivity contribution is -0.140. The summed E-state index contributed by atoms with van der Waals surface area (Å²) in [6.45, 7) is 9.33. The number of hydrogen-bond donors (Lipinski definition) is 1. The topological polar surface area (TPSA) is 47.6 Å². The van der Waals surface area contributed by atoms with E-state index in [-0.39, 0.29) is 5.91 Å². The van der Waals surface area contributed by atoms with Gasteiger partial charge in [0, 0.05) is 23.1 Å². The Bertz CT molecular complexity index is 728. The van der Waals surface area contributed by atoms with E-state index in [1.165, 1.54) is 0 Å². The van der Waals surface area contributed by atoms with Crippen LogP contribution in [0.2, 0.25) is 0 Å².